The molecule has 0 saturated heterocycles. The van der Waals surface area contributed by atoms with Gasteiger partial charge in [-0.05, 0) is 23.8 Å². The highest BCUT2D eigenvalue weighted by molar-refractivity contribution is 7.93. The molecule has 4 heteroatoms. The van der Waals surface area contributed by atoms with E-state index in [1.54, 1.807) is 24.3 Å². The van der Waals surface area contributed by atoms with Crippen LogP contribution >= 0.6 is 0 Å². The SMILES string of the molecule is CS(=O)(=O)/C=C/c1cccc(N)c1. The van der Waals surface area contributed by atoms with Gasteiger partial charge >= 0.3 is 0 Å². The van der Waals surface area contributed by atoms with E-state index in [9.17, 15) is 8.42 Å². The van der Waals surface area contributed by atoms with E-state index in [0.717, 1.165) is 17.2 Å². The number of nitrogens with two attached hydrogens (primary N) is 1. The van der Waals surface area contributed by atoms with Crippen molar-refractivity contribution in [2.24, 2.45) is 0 Å². The summed E-state index contributed by atoms with van der Waals surface area (Å²) in [6, 6.07) is 7.02. The van der Waals surface area contributed by atoms with Gasteiger partial charge in [0.2, 0.25) is 0 Å². The van der Waals surface area contributed by atoms with Crippen molar-refractivity contribution in [1.29, 1.82) is 0 Å². The van der Waals surface area contributed by atoms with Crippen molar-refractivity contribution in [2.45, 2.75) is 0 Å². The van der Waals surface area contributed by atoms with Crippen molar-refractivity contribution in [3.63, 3.8) is 0 Å². The molecule has 0 amide bonds. The van der Waals surface area contributed by atoms with Crippen molar-refractivity contribution in [3.05, 3.63) is 35.2 Å². The lowest BCUT2D eigenvalue weighted by atomic mass is 10.2. The van der Waals surface area contributed by atoms with Crippen LogP contribution in [0.25, 0.3) is 6.08 Å². The van der Waals surface area contributed by atoms with Gasteiger partial charge in [-0.1, -0.05) is 12.1 Å². The van der Waals surface area contributed by atoms with E-state index < -0.39 is 9.84 Å². The van der Waals surface area contributed by atoms with Gasteiger partial charge in [0.1, 0.15) is 0 Å². The second-order valence-corrected chi connectivity index (χ2v) is 4.73. The molecule has 70 valence electrons. The minimum atomic E-state index is -3.06. The first-order chi connectivity index (χ1) is 5.97. The first-order valence-corrected chi connectivity index (χ1v) is 5.66. The molecule has 0 aliphatic rings. The Hall–Kier alpha value is -1.29. The molecule has 0 atom stereocenters. The molecular formula is C9H11NO2S. The lowest BCUT2D eigenvalue weighted by molar-refractivity contribution is 0.610. The summed E-state index contributed by atoms with van der Waals surface area (Å²) in [5.74, 6) is 0. The van der Waals surface area contributed by atoms with Gasteiger partial charge in [-0.3, -0.25) is 0 Å². The lowest BCUT2D eigenvalue weighted by Gasteiger charge is -1.94. The summed E-state index contributed by atoms with van der Waals surface area (Å²) in [6.07, 6.45) is 2.67. The Morgan fingerprint density at radius 2 is 2.08 bits per heavy atom. The molecule has 0 saturated carbocycles. The van der Waals surface area contributed by atoms with Gasteiger partial charge in [0.15, 0.2) is 9.84 Å². The monoisotopic (exact) mass is 197 g/mol. The normalized spacial score (nSPS) is 12.1. The van der Waals surface area contributed by atoms with Crippen LogP contribution in [0.15, 0.2) is 29.7 Å². The highest BCUT2D eigenvalue weighted by Gasteiger charge is 1.93. The average molecular weight is 197 g/mol. The van der Waals surface area contributed by atoms with E-state index in [2.05, 4.69) is 0 Å². The average Bonchev–Trinajstić information content (AvgIpc) is 2.00. The predicted octanol–water partition coefficient (Wildman–Crippen LogP) is 1.28. The third-order valence-corrected chi connectivity index (χ3v) is 2.05. The number of rotatable bonds is 2. The first kappa shape index (κ1) is 9.80. The van der Waals surface area contributed by atoms with E-state index in [1.165, 1.54) is 6.08 Å². The quantitative estimate of drug-likeness (QED) is 0.726. The maximum absolute atomic E-state index is 10.8. The maximum Gasteiger partial charge on any atom is 0.168 e. The summed E-state index contributed by atoms with van der Waals surface area (Å²) in [6.45, 7) is 0. The van der Waals surface area contributed by atoms with Crippen molar-refractivity contribution >= 4 is 21.6 Å². The number of anilines is 1. The molecule has 0 radical (unpaired) electrons. The van der Waals surface area contributed by atoms with Crippen LogP contribution in [0, 0.1) is 0 Å². The second kappa shape index (κ2) is 3.62. The Morgan fingerprint density at radius 3 is 2.62 bits per heavy atom. The second-order valence-electron chi connectivity index (χ2n) is 2.80. The fourth-order valence-electron chi connectivity index (χ4n) is 0.865. The van der Waals surface area contributed by atoms with Crippen LogP contribution in [-0.4, -0.2) is 14.7 Å². The zero-order chi connectivity index (χ0) is 9.90. The molecule has 0 bridgehead atoms. The van der Waals surface area contributed by atoms with Gasteiger partial charge in [-0.15, -0.1) is 0 Å². The summed E-state index contributed by atoms with van der Waals surface area (Å²) in [7, 11) is -3.06. The minimum absolute atomic E-state index is 0.621. The standard InChI is InChI=1S/C9H11NO2S/c1-13(11,12)6-5-8-3-2-4-9(10)7-8/h2-7H,10H2,1H3/b6-5+. The molecule has 2 N–H and O–H groups in total. The third-order valence-electron chi connectivity index (χ3n) is 1.42. The molecule has 3 nitrogen and oxygen atoms in total. The maximum atomic E-state index is 10.8. The zero-order valence-corrected chi connectivity index (χ0v) is 8.08. The van der Waals surface area contributed by atoms with Gasteiger partial charge in [0, 0.05) is 17.4 Å². The van der Waals surface area contributed by atoms with Crippen LogP contribution in [0.5, 0.6) is 0 Å². The molecule has 0 aliphatic carbocycles. The van der Waals surface area contributed by atoms with Crippen molar-refractivity contribution in [1.82, 2.24) is 0 Å². The van der Waals surface area contributed by atoms with E-state index in [4.69, 9.17) is 5.73 Å². The molecule has 0 aliphatic heterocycles. The molecular weight excluding hydrogens is 186 g/mol. The van der Waals surface area contributed by atoms with E-state index >= 15 is 0 Å². The highest BCUT2D eigenvalue weighted by atomic mass is 32.2. The molecule has 13 heavy (non-hydrogen) atoms. The Kier molecular flexibility index (Phi) is 2.72. The van der Waals surface area contributed by atoms with Gasteiger partial charge in [0.25, 0.3) is 0 Å². The van der Waals surface area contributed by atoms with Crippen LogP contribution in [-0.2, 0) is 9.84 Å². The van der Waals surface area contributed by atoms with Crippen molar-refractivity contribution < 1.29 is 8.42 Å². The summed E-state index contributed by atoms with van der Waals surface area (Å²) in [5, 5.41) is 1.15. The molecule has 0 heterocycles. The summed E-state index contributed by atoms with van der Waals surface area (Å²) in [4.78, 5) is 0. The van der Waals surface area contributed by atoms with E-state index in [0.29, 0.717) is 5.69 Å². The highest BCUT2D eigenvalue weighted by Crippen LogP contribution is 2.08. The Morgan fingerprint density at radius 1 is 1.38 bits per heavy atom. The van der Waals surface area contributed by atoms with Gasteiger partial charge < -0.3 is 5.73 Å². The lowest BCUT2D eigenvalue weighted by Crippen LogP contribution is -1.88. The molecule has 1 rings (SSSR count). The summed E-state index contributed by atoms with van der Waals surface area (Å²) in [5.41, 5.74) is 6.92. The number of sulfone groups is 1. The Bertz CT molecular complexity index is 421. The summed E-state index contributed by atoms with van der Waals surface area (Å²) < 4.78 is 21.5. The third kappa shape index (κ3) is 3.75. The van der Waals surface area contributed by atoms with Crippen LogP contribution < -0.4 is 5.73 Å². The molecule has 0 spiro atoms. The zero-order valence-electron chi connectivity index (χ0n) is 7.27. The van der Waals surface area contributed by atoms with Gasteiger partial charge in [-0.25, -0.2) is 8.42 Å². The van der Waals surface area contributed by atoms with E-state index in [1.807, 2.05) is 0 Å². The predicted molar refractivity (Wildman–Crippen MR) is 54.7 cm³/mol. The number of hydrogen-bond donors (Lipinski definition) is 1. The molecule has 0 fully saturated rings. The van der Waals surface area contributed by atoms with Crippen LogP contribution in [0.2, 0.25) is 0 Å². The Balaban J connectivity index is 2.93. The Labute approximate surface area is 77.8 Å². The molecule has 1 aromatic rings. The van der Waals surface area contributed by atoms with Crippen LogP contribution in [0.1, 0.15) is 5.56 Å². The van der Waals surface area contributed by atoms with Crippen molar-refractivity contribution in [2.75, 3.05) is 12.0 Å². The van der Waals surface area contributed by atoms with E-state index in [-0.39, 0.29) is 0 Å². The van der Waals surface area contributed by atoms with Crippen LogP contribution in [0.4, 0.5) is 5.69 Å². The fraction of sp³-hybridized carbons (Fsp3) is 0.111. The van der Waals surface area contributed by atoms with Crippen molar-refractivity contribution in [3.8, 4) is 0 Å². The minimum Gasteiger partial charge on any atom is -0.399 e. The summed E-state index contributed by atoms with van der Waals surface area (Å²) >= 11 is 0. The molecule has 1 aromatic carbocycles. The topological polar surface area (TPSA) is 60.2 Å². The largest absolute Gasteiger partial charge is 0.399 e. The van der Waals surface area contributed by atoms with Crippen LogP contribution in [0.3, 0.4) is 0 Å². The van der Waals surface area contributed by atoms with Gasteiger partial charge in [0.05, 0.1) is 0 Å². The number of hydrogen-bond acceptors (Lipinski definition) is 3. The fourth-order valence-corrected chi connectivity index (χ4v) is 1.27. The number of benzene rings is 1. The first-order valence-electron chi connectivity index (χ1n) is 3.71. The smallest absolute Gasteiger partial charge is 0.168 e. The number of nitrogen functional groups attached to an aromatic ring is 1. The van der Waals surface area contributed by atoms with Gasteiger partial charge in [-0.2, -0.15) is 0 Å². The molecule has 0 unspecified atom stereocenters. The molecule has 0 aromatic heterocycles.